The molecule has 0 aromatic heterocycles. The number of hydrogen-bond acceptors (Lipinski definition) is 3. The van der Waals surface area contributed by atoms with Crippen LogP contribution in [-0.4, -0.2) is 34.9 Å². The highest BCUT2D eigenvalue weighted by Crippen LogP contribution is 2.18. The maximum Gasteiger partial charge on any atom is 0.220 e. The van der Waals surface area contributed by atoms with Gasteiger partial charge in [0.05, 0.1) is 18.8 Å². The Balaban J connectivity index is 3.45. The number of aliphatic hydroxyl groups excluding tert-OH is 2. The van der Waals surface area contributed by atoms with Crippen molar-refractivity contribution in [1.29, 1.82) is 0 Å². The van der Waals surface area contributed by atoms with Crippen molar-refractivity contribution >= 4 is 5.91 Å². The maximum atomic E-state index is 12.5. The number of carbonyl (C=O) groups excluding carboxylic acids is 1. The molecule has 4 heteroatoms. The van der Waals surface area contributed by atoms with E-state index in [0.717, 1.165) is 32.1 Å². The summed E-state index contributed by atoms with van der Waals surface area (Å²) in [5.41, 5.74) is 0. The Morgan fingerprint density at radius 3 is 0.866 bits per heavy atom. The molecule has 4 nitrogen and oxygen atoms in total. The van der Waals surface area contributed by atoms with E-state index in [4.69, 9.17) is 0 Å². The lowest BCUT2D eigenvalue weighted by atomic mass is 10.0. The van der Waals surface area contributed by atoms with Crippen molar-refractivity contribution in [3.8, 4) is 0 Å². The number of aliphatic hydroxyl groups is 2. The molecule has 0 aliphatic rings. The van der Waals surface area contributed by atoms with Gasteiger partial charge in [-0.15, -0.1) is 0 Å². The lowest BCUT2D eigenvalue weighted by Crippen LogP contribution is -2.45. The summed E-state index contributed by atoms with van der Waals surface area (Å²) in [6.45, 7) is 4.35. The Kier molecular flexibility index (Phi) is 58.2. The molecule has 2 unspecified atom stereocenters. The topological polar surface area (TPSA) is 69.6 Å². The molecule has 0 saturated carbocycles. The number of unbranched alkanes of at least 4 members (excludes halogenated alkanes) is 49. The summed E-state index contributed by atoms with van der Waals surface area (Å²) < 4.78 is 0. The minimum Gasteiger partial charge on any atom is -0.394 e. The molecular weight excluding hydrogens is 819 g/mol. The second-order valence-corrected chi connectivity index (χ2v) is 21.5. The van der Waals surface area contributed by atoms with Gasteiger partial charge in [-0.1, -0.05) is 340 Å². The quantitative estimate of drug-likeness (QED) is 0.0420. The highest BCUT2D eigenvalue weighted by molar-refractivity contribution is 5.76. The van der Waals surface area contributed by atoms with Gasteiger partial charge in [-0.05, 0) is 32.1 Å². The molecule has 2 atom stereocenters. The Hall–Kier alpha value is -1.13. The fourth-order valence-electron chi connectivity index (χ4n) is 9.97. The van der Waals surface area contributed by atoms with Crippen molar-refractivity contribution in [2.75, 3.05) is 6.61 Å². The number of hydrogen-bond donors (Lipinski definition) is 3. The fraction of sp³-hybridized carbons (Fsp3) is 0.921. The lowest BCUT2D eigenvalue weighted by Gasteiger charge is -2.19. The minimum absolute atomic E-state index is 0.0653. The standard InChI is InChI=1S/C63H123NO3/c1-3-5-7-9-11-13-15-17-19-21-23-25-27-29-30-31-32-33-35-37-39-41-43-45-47-49-51-53-55-57-59-63(67)64-61(60-65)62(66)58-56-54-52-50-48-46-44-42-40-38-36-34-28-26-24-22-20-18-16-14-12-10-8-6-4-2/h48,50,56,58,61-62,65-66H,3-47,49,51-55,57,59-60H2,1-2H3,(H,64,67)/b50-48+,58-56+. The van der Waals surface area contributed by atoms with E-state index in [9.17, 15) is 15.0 Å². The molecule has 0 radical (unpaired) electrons. The van der Waals surface area contributed by atoms with Crippen molar-refractivity contribution < 1.29 is 15.0 Å². The molecule has 0 bridgehead atoms. The highest BCUT2D eigenvalue weighted by atomic mass is 16.3. The molecular formula is C63H123NO3. The summed E-state index contributed by atoms with van der Waals surface area (Å²) in [6.07, 6.45) is 79.5. The third-order valence-corrected chi connectivity index (χ3v) is 14.7. The normalized spacial score (nSPS) is 12.8. The molecule has 0 rings (SSSR count). The average Bonchev–Trinajstić information content (AvgIpc) is 3.33. The molecule has 0 spiro atoms. The molecule has 3 N–H and O–H groups in total. The van der Waals surface area contributed by atoms with Crippen LogP contribution in [-0.2, 0) is 4.79 Å². The summed E-state index contributed by atoms with van der Waals surface area (Å²) in [7, 11) is 0. The van der Waals surface area contributed by atoms with E-state index >= 15 is 0 Å². The van der Waals surface area contributed by atoms with Crippen molar-refractivity contribution in [2.45, 2.75) is 366 Å². The summed E-state index contributed by atoms with van der Waals surface area (Å²) in [4.78, 5) is 12.5. The number of nitrogens with one attached hydrogen (secondary N) is 1. The molecule has 0 fully saturated rings. The van der Waals surface area contributed by atoms with Gasteiger partial charge in [0.15, 0.2) is 0 Å². The van der Waals surface area contributed by atoms with Crippen LogP contribution >= 0.6 is 0 Å². The van der Waals surface area contributed by atoms with Crippen LogP contribution in [0, 0.1) is 0 Å². The first-order valence-electron chi connectivity index (χ1n) is 31.1. The smallest absolute Gasteiger partial charge is 0.220 e. The third-order valence-electron chi connectivity index (χ3n) is 14.7. The number of carbonyl (C=O) groups is 1. The van der Waals surface area contributed by atoms with E-state index in [0.29, 0.717) is 6.42 Å². The van der Waals surface area contributed by atoms with Crippen LogP contribution in [0.15, 0.2) is 24.3 Å². The van der Waals surface area contributed by atoms with Gasteiger partial charge in [0.2, 0.25) is 5.91 Å². The largest absolute Gasteiger partial charge is 0.394 e. The third kappa shape index (κ3) is 55.7. The molecule has 0 aliphatic heterocycles. The predicted molar refractivity (Wildman–Crippen MR) is 299 cm³/mol. The maximum absolute atomic E-state index is 12.5. The van der Waals surface area contributed by atoms with Gasteiger partial charge in [0, 0.05) is 6.42 Å². The van der Waals surface area contributed by atoms with Crippen LogP contribution in [0.1, 0.15) is 354 Å². The first-order valence-corrected chi connectivity index (χ1v) is 31.1. The van der Waals surface area contributed by atoms with Gasteiger partial charge in [-0.3, -0.25) is 4.79 Å². The van der Waals surface area contributed by atoms with Crippen molar-refractivity contribution in [2.24, 2.45) is 0 Å². The van der Waals surface area contributed by atoms with Crippen molar-refractivity contribution in [1.82, 2.24) is 5.32 Å². The average molecular weight is 943 g/mol. The predicted octanol–water partition coefficient (Wildman–Crippen LogP) is 20.7. The van der Waals surface area contributed by atoms with Gasteiger partial charge in [-0.25, -0.2) is 0 Å². The van der Waals surface area contributed by atoms with Crippen molar-refractivity contribution in [3.63, 3.8) is 0 Å². The summed E-state index contributed by atoms with van der Waals surface area (Å²) in [5, 5.41) is 23.2. The number of allylic oxidation sites excluding steroid dienone is 3. The second-order valence-electron chi connectivity index (χ2n) is 21.5. The van der Waals surface area contributed by atoms with Gasteiger partial charge in [0.25, 0.3) is 0 Å². The van der Waals surface area contributed by atoms with E-state index in [1.807, 2.05) is 6.08 Å². The SMILES string of the molecule is CCCCCCCCCCCCCCCCCCCCC/C=C/CC/C=C/C(O)C(CO)NC(=O)CCCCCCCCCCCCCCCCCCCCCCCCCCCCCCCC. The van der Waals surface area contributed by atoms with Crippen LogP contribution in [0.2, 0.25) is 0 Å². The molecule has 0 aromatic rings. The Morgan fingerprint density at radius 2 is 0.582 bits per heavy atom. The second kappa shape index (κ2) is 59.2. The van der Waals surface area contributed by atoms with E-state index in [1.165, 1.54) is 302 Å². The molecule has 0 heterocycles. The van der Waals surface area contributed by atoms with Gasteiger partial charge in [-0.2, -0.15) is 0 Å². The number of amides is 1. The van der Waals surface area contributed by atoms with Crippen LogP contribution < -0.4 is 5.32 Å². The van der Waals surface area contributed by atoms with Crippen LogP contribution in [0.5, 0.6) is 0 Å². The molecule has 1 amide bonds. The Labute approximate surface area is 421 Å². The van der Waals surface area contributed by atoms with E-state index < -0.39 is 12.1 Å². The van der Waals surface area contributed by atoms with Gasteiger partial charge < -0.3 is 15.5 Å². The summed E-state index contributed by atoms with van der Waals surface area (Å²) in [6, 6.07) is -0.637. The zero-order valence-electron chi connectivity index (χ0n) is 46.0. The highest BCUT2D eigenvalue weighted by Gasteiger charge is 2.18. The van der Waals surface area contributed by atoms with Crippen molar-refractivity contribution in [3.05, 3.63) is 24.3 Å². The van der Waals surface area contributed by atoms with Gasteiger partial charge in [0.1, 0.15) is 0 Å². The molecule has 67 heavy (non-hydrogen) atoms. The van der Waals surface area contributed by atoms with Crippen LogP contribution in [0.25, 0.3) is 0 Å². The molecule has 0 aliphatic carbocycles. The number of rotatable bonds is 58. The van der Waals surface area contributed by atoms with E-state index in [2.05, 4.69) is 31.3 Å². The van der Waals surface area contributed by atoms with Gasteiger partial charge >= 0.3 is 0 Å². The zero-order chi connectivity index (χ0) is 48.5. The summed E-state index contributed by atoms with van der Waals surface area (Å²) >= 11 is 0. The molecule has 0 aromatic carbocycles. The first-order chi connectivity index (χ1) is 33.2. The monoisotopic (exact) mass is 942 g/mol. The first kappa shape index (κ1) is 65.9. The fourth-order valence-corrected chi connectivity index (χ4v) is 9.97. The van der Waals surface area contributed by atoms with Crippen LogP contribution in [0.3, 0.4) is 0 Å². The Morgan fingerprint density at radius 1 is 0.343 bits per heavy atom. The Bertz CT molecular complexity index is 978. The summed E-state index contributed by atoms with van der Waals surface area (Å²) in [5.74, 6) is -0.0653. The zero-order valence-corrected chi connectivity index (χ0v) is 46.0. The van der Waals surface area contributed by atoms with E-state index in [1.54, 1.807) is 6.08 Å². The molecule has 0 saturated heterocycles. The lowest BCUT2D eigenvalue weighted by molar-refractivity contribution is -0.123. The molecule has 398 valence electrons. The minimum atomic E-state index is -0.860. The van der Waals surface area contributed by atoms with E-state index in [-0.39, 0.29) is 12.5 Å². The van der Waals surface area contributed by atoms with Crippen LogP contribution in [0.4, 0.5) is 0 Å².